The van der Waals surface area contributed by atoms with Gasteiger partial charge in [-0.2, -0.15) is 10.2 Å². The van der Waals surface area contributed by atoms with E-state index in [0.717, 1.165) is 21.9 Å². The van der Waals surface area contributed by atoms with Crippen LogP contribution in [0, 0.1) is 0 Å². The maximum Gasteiger partial charge on any atom is 0.176 e. The molecule has 0 saturated carbocycles. The number of nitrogens with zero attached hydrogens (tertiary/aromatic N) is 4. The lowest BCUT2D eigenvalue weighted by atomic mass is 10.2. The third kappa shape index (κ3) is 3.44. The van der Waals surface area contributed by atoms with Gasteiger partial charge in [0, 0.05) is 21.9 Å². The molecule has 3 aromatic heterocycles. The highest BCUT2D eigenvalue weighted by molar-refractivity contribution is 5.98. The zero-order valence-corrected chi connectivity index (χ0v) is 13.5. The molecule has 0 saturated heterocycles. The van der Waals surface area contributed by atoms with Gasteiger partial charge in [0.05, 0.1) is 37.5 Å². The Morgan fingerprint density at radius 2 is 1.23 bits per heavy atom. The fraction of sp³-hybridized carbons (Fsp3) is 0. The van der Waals surface area contributed by atoms with E-state index in [1.54, 1.807) is 49.6 Å². The fourth-order valence-corrected chi connectivity index (χ4v) is 2.30. The number of fused-ring (bicyclic) bond motifs is 1. The number of anilines is 2. The molecule has 1 aromatic carbocycles. The van der Waals surface area contributed by atoms with Gasteiger partial charge in [-0.3, -0.25) is 10.9 Å². The van der Waals surface area contributed by atoms with Gasteiger partial charge in [-0.15, -0.1) is 10.2 Å². The molecule has 4 rings (SSSR count). The van der Waals surface area contributed by atoms with Crippen LogP contribution in [-0.2, 0) is 0 Å². The largest absolute Gasteiger partial charge is 0.472 e. The average molecular weight is 346 g/mol. The highest BCUT2D eigenvalue weighted by Gasteiger charge is 2.07. The first kappa shape index (κ1) is 15.6. The van der Waals surface area contributed by atoms with Crippen LogP contribution in [-0.4, -0.2) is 22.6 Å². The van der Waals surface area contributed by atoms with E-state index in [4.69, 9.17) is 8.83 Å². The maximum absolute atomic E-state index is 4.99. The maximum atomic E-state index is 4.99. The van der Waals surface area contributed by atoms with Gasteiger partial charge in [0.25, 0.3) is 0 Å². The first-order valence-corrected chi connectivity index (χ1v) is 7.78. The summed E-state index contributed by atoms with van der Waals surface area (Å²) in [6.45, 7) is 0. The van der Waals surface area contributed by atoms with Gasteiger partial charge in [-0.1, -0.05) is 24.3 Å². The number of hydrogen-bond donors (Lipinski definition) is 2. The summed E-state index contributed by atoms with van der Waals surface area (Å²) in [5, 5.41) is 18.4. The standard InChI is InChI=1S/C18H14N6O2/c1-2-4-16-15(3-1)17(21-19-9-13-5-7-25-11-13)23-24-18(16)22-20-10-14-6-8-26-12-14/h1-12H,(H,21,23)(H,22,24)/b19-9+,20-10+. The third-order valence-electron chi connectivity index (χ3n) is 3.54. The van der Waals surface area contributed by atoms with Crippen molar-refractivity contribution in [3.05, 3.63) is 72.6 Å². The number of hydrogen-bond acceptors (Lipinski definition) is 8. The summed E-state index contributed by atoms with van der Waals surface area (Å²) in [6.07, 6.45) is 9.64. The Kier molecular flexibility index (Phi) is 4.38. The topological polar surface area (TPSA) is 101 Å². The fourth-order valence-electron chi connectivity index (χ4n) is 2.30. The number of aromatic nitrogens is 2. The van der Waals surface area contributed by atoms with Crippen molar-refractivity contribution in [3.8, 4) is 0 Å². The Balaban J connectivity index is 1.56. The van der Waals surface area contributed by atoms with E-state index < -0.39 is 0 Å². The Labute approximate surface area is 148 Å². The summed E-state index contributed by atoms with van der Waals surface area (Å²) in [5.74, 6) is 1.09. The van der Waals surface area contributed by atoms with Gasteiger partial charge in [-0.05, 0) is 12.1 Å². The third-order valence-corrected chi connectivity index (χ3v) is 3.54. The van der Waals surface area contributed by atoms with Gasteiger partial charge < -0.3 is 8.83 Å². The molecule has 3 heterocycles. The van der Waals surface area contributed by atoms with E-state index in [-0.39, 0.29) is 0 Å². The van der Waals surface area contributed by atoms with Crippen molar-refractivity contribution in [3.63, 3.8) is 0 Å². The average Bonchev–Trinajstić information content (AvgIpc) is 3.37. The smallest absolute Gasteiger partial charge is 0.176 e. The molecule has 128 valence electrons. The molecular formula is C18H14N6O2. The molecule has 0 bridgehead atoms. The SMILES string of the molecule is C(=N\Nc1nnc(N/N=C/c2ccoc2)c2ccccc12)/c1ccoc1. The van der Waals surface area contributed by atoms with Crippen molar-refractivity contribution >= 4 is 34.8 Å². The predicted octanol–water partition coefficient (Wildman–Crippen LogP) is 3.71. The summed E-state index contributed by atoms with van der Waals surface area (Å²) in [5.41, 5.74) is 7.51. The number of nitrogens with one attached hydrogen (secondary N) is 2. The van der Waals surface area contributed by atoms with Crippen LogP contribution in [0.4, 0.5) is 11.6 Å². The van der Waals surface area contributed by atoms with Crippen LogP contribution in [0.2, 0.25) is 0 Å². The molecule has 0 spiro atoms. The highest BCUT2D eigenvalue weighted by atomic mass is 16.3. The van der Waals surface area contributed by atoms with Crippen LogP contribution >= 0.6 is 0 Å². The summed E-state index contributed by atoms with van der Waals surface area (Å²) in [7, 11) is 0. The van der Waals surface area contributed by atoms with Crippen LogP contribution in [0.1, 0.15) is 11.1 Å². The van der Waals surface area contributed by atoms with Crippen molar-refractivity contribution in [1.29, 1.82) is 0 Å². The number of benzene rings is 1. The minimum absolute atomic E-state index is 0.546. The van der Waals surface area contributed by atoms with Crippen LogP contribution in [0.5, 0.6) is 0 Å². The lowest BCUT2D eigenvalue weighted by molar-refractivity contribution is 0.567. The summed E-state index contributed by atoms with van der Waals surface area (Å²) in [4.78, 5) is 0. The summed E-state index contributed by atoms with van der Waals surface area (Å²) >= 11 is 0. The molecule has 0 amide bonds. The lowest BCUT2D eigenvalue weighted by Gasteiger charge is -2.07. The van der Waals surface area contributed by atoms with Gasteiger partial charge in [0.2, 0.25) is 0 Å². The second kappa shape index (κ2) is 7.31. The molecule has 8 heteroatoms. The zero-order valence-electron chi connectivity index (χ0n) is 13.5. The van der Waals surface area contributed by atoms with E-state index in [2.05, 4.69) is 31.3 Å². The van der Waals surface area contributed by atoms with E-state index in [9.17, 15) is 0 Å². The normalized spacial score (nSPS) is 11.5. The van der Waals surface area contributed by atoms with Crippen LogP contribution in [0.3, 0.4) is 0 Å². The quantitative estimate of drug-likeness (QED) is 0.408. The first-order chi connectivity index (χ1) is 12.9. The predicted molar refractivity (Wildman–Crippen MR) is 99.4 cm³/mol. The lowest BCUT2D eigenvalue weighted by Crippen LogP contribution is -2.01. The number of hydrazone groups is 2. The molecular weight excluding hydrogens is 332 g/mol. The zero-order chi connectivity index (χ0) is 17.6. The van der Waals surface area contributed by atoms with E-state index in [1.165, 1.54) is 0 Å². The summed E-state index contributed by atoms with van der Waals surface area (Å²) in [6, 6.07) is 11.3. The van der Waals surface area contributed by atoms with Crippen molar-refractivity contribution in [2.24, 2.45) is 10.2 Å². The molecule has 0 radical (unpaired) electrons. The van der Waals surface area contributed by atoms with Crippen molar-refractivity contribution in [2.75, 3.05) is 10.9 Å². The minimum Gasteiger partial charge on any atom is -0.472 e. The molecule has 26 heavy (non-hydrogen) atoms. The molecule has 0 aliphatic carbocycles. The van der Waals surface area contributed by atoms with Gasteiger partial charge >= 0.3 is 0 Å². The van der Waals surface area contributed by atoms with E-state index >= 15 is 0 Å². The first-order valence-electron chi connectivity index (χ1n) is 7.78. The van der Waals surface area contributed by atoms with Crippen molar-refractivity contribution < 1.29 is 8.83 Å². The summed E-state index contributed by atoms with van der Waals surface area (Å²) < 4.78 is 9.99. The Morgan fingerprint density at radius 1 is 0.731 bits per heavy atom. The Hall–Kier alpha value is -3.94. The van der Waals surface area contributed by atoms with Gasteiger partial charge in [0.15, 0.2) is 11.6 Å². The van der Waals surface area contributed by atoms with Crippen molar-refractivity contribution in [1.82, 2.24) is 10.2 Å². The molecule has 2 N–H and O–H groups in total. The molecule has 0 aliphatic rings. The molecule has 4 aromatic rings. The second-order valence-corrected chi connectivity index (χ2v) is 5.30. The van der Waals surface area contributed by atoms with Crippen LogP contribution in [0.25, 0.3) is 10.8 Å². The number of rotatable bonds is 6. The monoisotopic (exact) mass is 346 g/mol. The molecule has 0 unspecified atom stereocenters. The minimum atomic E-state index is 0.546. The Bertz CT molecular complexity index is 954. The molecule has 0 aliphatic heterocycles. The Morgan fingerprint density at radius 3 is 1.65 bits per heavy atom. The van der Waals surface area contributed by atoms with E-state index in [0.29, 0.717) is 11.6 Å². The van der Waals surface area contributed by atoms with Crippen LogP contribution < -0.4 is 10.9 Å². The number of furan rings is 2. The van der Waals surface area contributed by atoms with Crippen molar-refractivity contribution in [2.45, 2.75) is 0 Å². The highest BCUT2D eigenvalue weighted by Crippen LogP contribution is 2.25. The molecule has 0 atom stereocenters. The molecule has 8 nitrogen and oxygen atoms in total. The van der Waals surface area contributed by atoms with Gasteiger partial charge in [0.1, 0.15) is 0 Å². The van der Waals surface area contributed by atoms with Crippen LogP contribution in [0.15, 0.2) is 80.5 Å². The molecule has 0 fully saturated rings. The second-order valence-electron chi connectivity index (χ2n) is 5.30. The van der Waals surface area contributed by atoms with Gasteiger partial charge in [-0.25, -0.2) is 0 Å². The van der Waals surface area contributed by atoms with E-state index in [1.807, 2.05) is 24.3 Å².